The van der Waals surface area contributed by atoms with Crippen LogP contribution < -0.4 is 10.1 Å². The summed E-state index contributed by atoms with van der Waals surface area (Å²) in [7, 11) is 1.61. The summed E-state index contributed by atoms with van der Waals surface area (Å²) >= 11 is 0. The third-order valence-corrected chi connectivity index (χ3v) is 2.92. The Morgan fingerprint density at radius 2 is 2.05 bits per heavy atom. The second-order valence-corrected chi connectivity index (χ2v) is 4.10. The van der Waals surface area contributed by atoms with Crippen LogP contribution in [-0.4, -0.2) is 18.6 Å². The average molecular weight is 260 g/mol. The van der Waals surface area contributed by atoms with Gasteiger partial charge in [0.05, 0.1) is 18.8 Å². The lowest BCUT2D eigenvalue weighted by molar-refractivity contribution is 0.402. The van der Waals surface area contributed by atoms with E-state index in [0.717, 1.165) is 11.3 Å². The van der Waals surface area contributed by atoms with Gasteiger partial charge in [0.25, 0.3) is 0 Å². The van der Waals surface area contributed by atoms with Crippen molar-refractivity contribution in [3.8, 4) is 5.75 Å². The molecule has 0 saturated heterocycles. The summed E-state index contributed by atoms with van der Waals surface area (Å²) in [6, 6.07) is 10.3. The molecule has 0 saturated carbocycles. The molecule has 1 aromatic heterocycles. The van der Waals surface area contributed by atoms with E-state index in [4.69, 9.17) is 4.74 Å². The number of aromatic nitrogens is 1. The molecule has 0 amide bonds. The number of nitrogens with zero attached hydrogens (tertiary/aromatic N) is 1. The largest absolute Gasteiger partial charge is 0.496 e. The van der Waals surface area contributed by atoms with E-state index >= 15 is 0 Å². The summed E-state index contributed by atoms with van der Waals surface area (Å²) in [5.74, 6) is 0.401. The van der Waals surface area contributed by atoms with E-state index in [1.807, 2.05) is 31.2 Å². The topological polar surface area (TPSA) is 34.1 Å². The van der Waals surface area contributed by atoms with Gasteiger partial charge in [-0.1, -0.05) is 25.1 Å². The van der Waals surface area contributed by atoms with Gasteiger partial charge in [-0.25, -0.2) is 4.39 Å². The predicted octanol–water partition coefficient (Wildman–Crippen LogP) is 2.93. The van der Waals surface area contributed by atoms with E-state index < -0.39 is 0 Å². The maximum absolute atomic E-state index is 13.9. The number of benzene rings is 1. The molecule has 0 aliphatic carbocycles. The highest BCUT2D eigenvalue weighted by Crippen LogP contribution is 2.29. The third kappa shape index (κ3) is 2.90. The standard InChI is InChI=1S/C15H17FN2O/c1-3-17-14(15-12(16)8-6-10-18-15)11-7-4-5-9-13(11)19-2/h4-10,14,17H,3H2,1-2H3. The van der Waals surface area contributed by atoms with E-state index in [9.17, 15) is 4.39 Å². The average Bonchev–Trinajstić information content (AvgIpc) is 2.46. The van der Waals surface area contributed by atoms with Crippen LogP contribution in [-0.2, 0) is 0 Å². The van der Waals surface area contributed by atoms with Crippen molar-refractivity contribution in [2.75, 3.05) is 13.7 Å². The normalized spacial score (nSPS) is 12.2. The van der Waals surface area contributed by atoms with Crippen LogP contribution in [0.15, 0.2) is 42.6 Å². The first-order chi connectivity index (χ1) is 9.27. The number of ether oxygens (including phenoxy) is 1. The molecule has 2 aromatic rings. The highest BCUT2D eigenvalue weighted by atomic mass is 19.1. The van der Waals surface area contributed by atoms with Crippen LogP contribution in [0.1, 0.15) is 24.2 Å². The Morgan fingerprint density at radius 1 is 1.26 bits per heavy atom. The van der Waals surface area contributed by atoms with E-state index in [1.165, 1.54) is 6.07 Å². The van der Waals surface area contributed by atoms with Crippen molar-refractivity contribution in [1.29, 1.82) is 0 Å². The Hall–Kier alpha value is -1.94. The number of halogens is 1. The van der Waals surface area contributed by atoms with Gasteiger partial charge in [-0.3, -0.25) is 4.98 Å². The summed E-state index contributed by atoms with van der Waals surface area (Å²) in [5.41, 5.74) is 1.26. The summed E-state index contributed by atoms with van der Waals surface area (Å²) in [5, 5.41) is 3.25. The molecule has 4 heteroatoms. The lowest BCUT2D eigenvalue weighted by Crippen LogP contribution is -2.24. The van der Waals surface area contributed by atoms with Gasteiger partial charge in [-0.15, -0.1) is 0 Å². The smallest absolute Gasteiger partial charge is 0.146 e. The van der Waals surface area contributed by atoms with E-state index in [-0.39, 0.29) is 11.9 Å². The Labute approximate surface area is 112 Å². The highest BCUT2D eigenvalue weighted by Gasteiger charge is 2.21. The molecule has 19 heavy (non-hydrogen) atoms. The molecule has 100 valence electrons. The lowest BCUT2D eigenvalue weighted by atomic mass is 10.0. The predicted molar refractivity (Wildman–Crippen MR) is 72.7 cm³/mol. The van der Waals surface area contributed by atoms with Crippen molar-refractivity contribution in [3.63, 3.8) is 0 Å². The molecular weight excluding hydrogens is 243 g/mol. The Balaban J connectivity index is 2.49. The van der Waals surface area contributed by atoms with Crippen molar-refractivity contribution in [3.05, 3.63) is 59.7 Å². The fourth-order valence-corrected chi connectivity index (χ4v) is 2.07. The van der Waals surface area contributed by atoms with Crippen molar-refractivity contribution >= 4 is 0 Å². The van der Waals surface area contributed by atoms with E-state index in [0.29, 0.717) is 12.2 Å². The molecule has 1 aromatic carbocycles. The highest BCUT2D eigenvalue weighted by molar-refractivity contribution is 5.40. The second-order valence-electron chi connectivity index (χ2n) is 4.10. The Morgan fingerprint density at radius 3 is 2.74 bits per heavy atom. The number of hydrogen-bond acceptors (Lipinski definition) is 3. The van der Waals surface area contributed by atoms with Gasteiger partial charge >= 0.3 is 0 Å². The lowest BCUT2D eigenvalue weighted by Gasteiger charge is -2.20. The van der Waals surface area contributed by atoms with Gasteiger partial charge in [0.2, 0.25) is 0 Å². The summed E-state index contributed by atoms with van der Waals surface area (Å²) in [4.78, 5) is 4.16. The quantitative estimate of drug-likeness (QED) is 0.897. The molecule has 0 bridgehead atoms. The molecule has 0 aliphatic rings. The van der Waals surface area contributed by atoms with Crippen LogP contribution in [0.3, 0.4) is 0 Å². The molecule has 0 spiro atoms. The fourth-order valence-electron chi connectivity index (χ4n) is 2.07. The number of hydrogen-bond donors (Lipinski definition) is 1. The molecule has 0 fully saturated rings. The zero-order valence-corrected chi connectivity index (χ0v) is 11.1. The molecule has 2 rings (SSSR count). The van der Waals surface area contributed by atoms with Gasteiger partial charge in [0.15, 0.2) is 0 Å². The third-order valence-electron chi connectivity index (χ3n) is 2.92. The molecule has 0 aliphatic heterocycles. The molecule has 0 radical (unpaired) electrons. The van der Waals surface area contributed by atoms with Crippen LogP contribution >= 0.6 is 0 Å². The van der Waals surface area contributed by atoms with Gasteiger partial charge in [-0.05, 0) is 24.7 Å². The number of rotatable bonds is 5. The first-order valence-electron chi connectivity index (χ1n) is 6.24. The second kappa shape index (κ2) is 6.29. The zero-order valence-electron chi connectivity index (χ0n) is 11.1. The van der Waals surface area contributed by atoms with E-state index in [1.54, 1.807) is 19.4 Å². The molecular formula is C15H17FN2O. The number of nitrogens with one attached hydrogen (secondary N) is 1. The van der Waals surface area contributed by atoms with Crippen LogP contribution in [0.4, 0.5) is 4.39 Å². The number of para-hydroxylation sites is 1. The first kappa shape index (κ1) is 13.5. The van der Waals surface area contributed by atoms with Gasteiger partial charge in [0.1, 0.15) is 11.6 Å². The molecule has 1 atom stereocenters. The molecule has 1 unspecified atom stereocenters. The Kier molecular flexibility index (Phi) is 4.47. The zero-order chi connectivity index (χ0) is 13.7. The first-order valence-corrected chi connectivity index (χ1v) is 6.24. The fraction of sp³-hybridized carbons (Fsp3) is 0.267. The van der Waals surface area contributed by atoms with Crippen molar-refractivity contribution in [2.24, 2.45) is 0 Å². The van der Waals surface area contributed by atoms with Crippen molar-refractivity contribution in [1.82, 2.24) is 10.3 Å². The minimum absolute atomic E-state index is 0.317. The minimum atomic E-state index is -0.320. The van der Waals surface area contributed by atoms with Crippen molar-refractivity contribution < 1.29 is 9.13 Å². The summed E-state index contributed by atoms with van der Waals surface area (Å²) in [6.45, 7) is 2.68. The van der Waals surface area contributed by atoms with Gasteiger partial charge < -0.3 is 10.1 Å². The SMILES string of the molecule is CCNC(c1ccccc1OC)c1ncccc1F. The van der Waals surface area contributed by atoms with Crippen LogP contribution in [0.5, 0.6) is 5.75 Å². The van der Waals surface area contributed by atoms with Crippen molar-refractivity contribution in [2.45, 2.75) is 13.0 Å². The molecule has 3 nitrogen and oxygen atoms in total. The van der Waals surface area contributed by atoms with Gasteiger partial charge in [-0.2, -0.15) is 0 Å². The minimum Gasteiger partial charge on any atom is -0.496 e. The van der Waals surface area contributed by atoms with Gasteiger partial charge in [0, 0.05) is 11.8 Å². The maximum atomic E-state index is 13.9. The molecule has 1 heterocycles. The maximum Gasteiger partial charge on any atom is 0.146 e. The van der Waals surface area contributed by atoms with E-state index in [2.05, 4.69) is 10.3 Å². The summed E-state index contributed by atoms with van der Waals surface area (Å²) in [6.07, 6.45) is 1.60. The summed E-state index contributed by atoms with van der Waals surface area (Å²) < 4.78 is 19.3. The Bertz CT molecular complexity index is 545. The number of methoxy groups -OCH3 is 1. The van der Waals surface area contributed by atoms with Crippen LogP contribution in [0, 0.1) is 5.82 Å². The van der Waals surface area contributed by atoms with Crippen LogP contribution in [0.2, 0.25) is 0 Å². The molecule has 1 N–H and O–H groups in total. The number of pyridine rings is 1. The van der Waals surface area contributed by atoms with Crippen LogP contribution in [0.25, 0.3) is 0 Å². The monoisotopic (exact) mass is 260 g/mol.